The summed E-state index contributed by atoms with van der Waals surface area (Å²) >= 11 is 1.55. The first-order valence-corrected chi connectivity index (χ1v) is 8.60. The molecule has 0 radical (unpaired) electrons. The molecule has 0 aliphatic rings. The molecule has 3 heterocycles. The number of amides is 1. The van der Waals surface area contributed by atoms with E-state index in [2.05, 4.69) is 20.3 Å². The topological polar surface area (TPSA) is 85.8 Å². The molecule has 4 aromatic rings. The molecule has 3 aromatic heterocycles. The van der Waals surface area contributed by atoms with Crippen LogP contribution in [0.2, 0.25) is 0 Å². The molecule has 1 amide bonds. The summed E-state index contributed by atoms with van der Waals surface area (Å²) in [5, 5.41) is 5.69. The van der Waals surface area contributed by atoms with E-state index in [9.17, 15) is 4.79 Å². The van der Waals surface area contributed by atoms with Crippen molar-refractivity contribution in [1.82, 2.24) is 24.8 Å². The number of para-hydroxylation sites is 2. The Morgan fingerprint density at radius 3 is 3.04 bits per heavy atom. The zero-order valence-electron chi connectivity index (χ0n) is 13.5. The molecule has 0 saturated heterocycles. The average Bonchev–Trinajstić information content (AvgIpc) is 3.34. The van der Waals surface area contributed by atoms with E-state index in [1.54, 1.807) is 17.7 Å². The monoisotopic (exact) mass is 353 g/mol. The molecule has 1 N–H and O–H groups in total. The Hall–Kier alpha value is -3.00. The molecule has 0 aliphatic carbocycles. The van der Waals surface area contributed by atoms with Gasteiger partial charge in [-0.05, 0) is 19.1 Å². The van der Waals surface area contributed by atoms with Gasteiger partial charge in [-0.25, -0.2) is 15.0 Å². The van der Waals surface area contributed by atoms with Crippen LogP contribution in [-0.4, -0.2) is 25.4 Å². The molecule has 0 fully saturated rings. The van der Waals surface area contributed by atoms with Crippen LogP contribution in [0, 0.1) is 6.92 Å². The maximum Gasteiger partial charge on any atom is 0.273 e. The number of aryl methyl sites for hydroxylation is 1. The number of carbonyl (C=O) groups is 1. The van der Waals surface area contributed by atoms with Crippen molar-refractivity contribution in [2.45, 2.75) is 20.0 Å². The smallest absolute Gasteiger partial charge is 0.273 e. The minimum absolute atomic E-state index is 0.256. The van der Waals surface area contributed by atoms with Crippen LogP contribution in [-0.2, 0) is 13.1 Å². The molecule has 0 spiro atoms. The second-order valence-corrected chi connectivity index (χ2v) is 6.59. The minimum atomic E-state index is -0.281. The largest absolute Gasteiger partial charge is 0.446 e. The maximum absolute atomic E-state index is 12.2. The lowest BCUT2D eigenvalue weighted by Crippen LogP contribution is -2.23. The van der Waals surface area contributed by atoms with E-state index in [-0.39, 0.29) is 11.6 Å². The molecular formula is C17H15N5O2S. The Morgan fingerprint density at radius 1 is 1.32 bits per heavy atom. The van der Waals surface area contributed by atoms with Crippen molar-refractivity contribution in [2.75, 3.05) is 0 Å². The van der Waals surface area contributed by atoms with E-state index in [4.69, 9.17) is 4.42 Å². The van der Waals surface area contributed by atoms with Crippen LogP contribution in [0.1, 0.15) is 27.1 Å². The number of rotatable bonds is 5. The third-order valence-electron chi connectivity index (χ3n) is 3.71. The van der Waals surface area contributed by atoms with Crippen molar-refractivity contribution in [2.24, 2.45) is 0 Å². The summed E-state index contributed by atoms with van der Waals surface area (Å²) in [6, 6.07) is 7.82. The minimum Gasteiger partial charge on any atom is -0.446 e. The number of fused-ring (bicyclic) bond motifs is 1. The van der Waals surface area contributed by atoms with Crippen LogP contribution in [0.4, 0.5) is 0 Å². The fourth-order valence-corrected chi connectivity index (χ4v) is 3.13. The summed E-state index contributed by atoms with van der Waals surface area (Å²) in [6.45, 7) is 2.72. The van der Waals surface area contributed by atoms with Crippen LogP contribution >= 0.6 is 11.3 Å². The maximum atomic E-state index is 12.2. The van der Waals surface area contributed by atoms with Gasteiger partial charge in [-0.1, -0.05) is 12.1 Å². The number of benzene rings is 1. The number of imidazole rings is 1. The number of hydrogen-bond acceptors (Lipinski definition) is 6. The van der Waals surface area contributed by atoms with E-state index in [1.165, 1.54) is 6.26 Å². The molecule has 126 valence electrons. The van der Waals surface area contributed by atoms with Gasteiger partial charge in [-0.15, -0.1) is 11.3 Å². The molecule has 0 unspecified atom stereocenters. The Bertz CT molecular complexity index is 1030. The predicted molar refractivity (Wildman–Crippen MR) is 93.4 cm³/mol. The fourth-order valence-electron chi connectivity index (χ4n) is 2.52. The summed E-state index contributed by atoms with van der Waals surface area (Å²) in [5.41, 5.74) is 2.99. The molecule has 8 heteroatoms. The highest BCUT2D eigenvalue weighted by Gasteiger charge is 2.13. The number of thiazole rings is 1. The molecule has 0 atom stereocenters. The first-order valence-electron chi connectivity index (χ1n) is 7.72. The van der Waals surface area contributed by atoms with Crippen LogP contribution in [0.3, 0.4) is 0 Å². The van der Waals surface area contributed by atoms with Gasteiger partial charge in [0.25, 0.3) is 5.91 Å². The van der Waals surface area contributed by atoms with Gasteiger partial charge >= 0.3 is 0 Å². The average molecular weight is 353 g/mol. The van der Waals surface area contributed by atoms with E-state index in [0.29, 0.717) is 19.0 Å². The van der Waals surface area contributed by atoms with Gasteiger partial charge in [0.1, 0.15) is 12.8 Å². The number of aromatic nitrogens is 4. The second kappa shape index (κ2) is 6.48. The van der Waals surface area contributed by atoms with Crippen LogP contribution in [0.25, 0.3) is 11.0 Å². The predicted octanol–water partition coefficient (Wildman–Crippen LogP) is 2.77. The van der Waals surface area contributed by atoms with Gasteiger partial charge in [0.2, 0.25) is 5.89 Å². The standard InChI is InChI=1S/C17H15N5O2S/c1-11-20-12(9-25-11)6-18-17(23)14-8-24-16(21-14)7-22-10-19-13-4-2-3-5-15(13)22/h2-5,8-10H,6-7H2,1H3,(H,18,23). The molecule has 4 rings (SSSR count). The van der Waals surface area contributed by atoms with Crippen molar-refractivity contribution in [1.29, 1.82) is 0 Å². The Morgan fingerprint density at radius 2 is 2.20 bits per heavy atom. The Balaban J connectivity index is 1.43. The van der Waals surface area contributed by atoms with Crippen LogP contribution in [0.15, 0.2) is 46.7 Å². The van der Waals surface area contributed by atoms with Crippen molar-refractivity contribution in [3.8, 4) is 0 Å². The van der Waals surface area contributed by atoms with Gasteiger partial charge < -0.3 is 14.3 Å². The van der Waals surface area contributed by atoms with Gasteiger partial charge in [0.05, 0.1) is 34.6 Å². The normalized spacial score (nSPS) is 11.1. The summed E-state index contributed by atoms with van der Waals surface area (Å²) in [5.74, 6) is 0.175. The summed E-state index contributed by atoms with van der Waals surface area (Å²) in [6.07, 6.45) is 3.11. The van der Waals surface area contributed by atoms with E-state index >= 15 is 0 Å². The number of nitrogens with one attached hydrogen (secondary N) is 1. The van der Waals surface area contributed by atoms with Gasteiger partial charge in [-0.3, -0.25) is 4.79 Å². The van der Waals surface area contributed by atoms with Gasteiger partial charge in [0.15, 0.2) is 5.69 Å². The highest BCUT2D eigenvalue weighted by Crippen LogP contribution is 2.14. The molecule has 1 aromatic carbocycles. The lowest BCUT2D eigenvalue weighted by molar-refractivity contribution is 0.0945. The third-order valence-corrected chi connectivity index (χ3v) is 4.54. The summed E-state index contributed by atoms with van der Waals surface area (Å²) in [4.78, 5) is 25.1. The fraction of sp³-hybridized carbons (Fsp3) is 0.176. The van der Waals surface area contributed by atoms with Crippen molar-refractivity contribution in [3.63, 3.8) is 0 Å². The quantitative estimate of drug-likeness (QED) is 0.596. The van der Waals surface area contributed by atoms with Crippen molar-refractivity contribution >= 4 is 28.3 Å². The van der Waals surface area contributed by atoms with E-state index in [0.717, 1.165) is 21.7 Å². The highest BCUT2D eigenvalue weighted by atomic mass is 32.1. The number of oxazole rings is 1. The number of carbonyl (C=O) groups excluding carboxylic acids is 1. The molecule has 0 aliphatic heterocycles. The second-order valence-electron chi connectivity index (χ2n) is 5.53. The zero-order valence-corrected chi connectivity index (χ0v) is 14.3. The van der Waals surface area contributed by atoms with Gasteiger partial charge in [-0.2, -0.15) is 0 Å². The lowest BCUT2D eigenvalue weighted by atomic mass is 10.3. The molecule has 0 bridgehead atoms. The molecule has 0 saturated carbocycles. The van der Waals surface area contributed by atoms with Crippen molar-refractivity contribution in [3.05, 3.63) is 64.5 Å². The Labute approximate surface area is 147 Å². The lowest BCUT2D eigenvalue weighted by Gasteiger charge is -2.00. The third kappa shape index (κ3) is 3.29. The molecular weight excluding hydrogens is 338 g/mol. The van der Waals surface area contributed by atoms with Crippen LogP contribution in [0.5, 0.6) is 0 Å². The molecule has 25 heavy (non-hydrogen) atoms. The van der Waals surface area contributed by atoms with E-state index < -0.39 is 0 Å². The number of hydrogen-bond donors (Lipinski definition) is 1. The Kier molecular flexibility index (Phi) is 4.02. The van der Waals surface area contributed by atoms with E-state index in [1.807, 2.05) is 41.1 Å². The SMILES string of the molecule is Cc1nc(CNC(=O)c2coc(Cn3cnc4ccccc43)n2)cs1. The van der Waals surface area contributed by atoms with Crippen LogP contribution < -0.4 is 5.32 Å². The first kappa shape index (κ1) is 15.5. The zero-order chi connectivity index (χ0) is 17.2. The summed E-state index contributed by atoms with van der Waals surface area (Å²) < 4.78 is 7.36. The van der Waals surface area contributed by atoms with Crippen molar-refractivity contribution < 1.29 is 9.21 Å². The molecule has 7 nitrogen and oxygen atoms in total. The first-order chi connectivity index (χ1) is 12.2. The van der Waals surface area contributed by atoms with Gasteiger partial charge in [0, 0.05) is 5.38 Å². The summed E-state index contributed by atoms with van der Waals surface area (Å²) in [7, 11) is 0. The number of nitrogens with zero attached hydrogens (tertiary/aromatic N) is 4. The highest BCUT2D eigenvalue weighted by molar-refractivity contribution is 7.09.